The van der Waals surface area contributed by atoms with Gasteiger partial charge >= 0.3 is 0 Å². The molecule has 0 unspecified atom stereocenters. The smallest absolute Gasteiger partial charge is 0.274 e. The fourth-order valence-corrected chi connectivity index (χ4v) is 2.15. The SMILES string of the molecule is COCCNc1nccc(C(=O)Nc2ccc3c(c2)OCCO3)n1. The molecule has 0 bridgehead atoms. The van der Waals surface area contributed by atoms with Crippen LogP contribution in [0.4, 0.5) is 11.6 Å². The number of hydrogen-bond donors (Lipinski definition) is 2. The van der Waals surface area contributed by atoms with Crippen molar-refractivity contribution in [1.29, 1.82) is 0 Å². The number of rotatable bonds is 6. The molecule has 1 aromatic carbocycles. The number of amides is 1. The van der Waals surface area contributed by atoms with Gasteiger partial charge in [0.1, 0.15) is 18.9 Å². The van der Waals surface area contributed by atoms with Crippen LogP contribution >= 0.6 is 0 Å². The van der Waals surface area contributed by atoms with Crippen molar-refractivity contribution in [2.45, 2.75) is 0 Å². The van der Waals surface area contributed by atoms with Gasteiger partial charge in [-0.05, 0) is 18.2 Å². The van der Waals surface area contributed by atoms with Crippen molar-refractivity contribution in [2.75, 3.05) is 44.1 Å². The van der Waals surface area contributed by atoms with Crippen LogP contribution in [-0.4, -0.2) is 49.4 Å². The van der Waals surface area contributed by atoms with E-state index in [1.807, 2.05) is 0 Å². The summed E-state index contributed by atoms with van der Waals surface area (Å²) in [5.41, 5.74) is 0.872. The fraction of sp³-hybridized carbons (Fsp3) is 0.312. The van der Waals surface area contributed by atoms with Gasteiger partial charge in [-0.3, -0.25) is 4.79 Å². The first-order valence-electron chi connectivity index (χ1n) is 7.53. The van der Waals surface area contributed by atoms with Gasteiger partial charge in [0.2, 0.25) is 5.95 Å². The number of carbonyl (C=O) groups is 1. The van der Waals surface area contributed by atoms with E-state index < -0.39 is 0 Å². The van der Waals surface area contributed by atoms with E-state index in [1.54, 1.807) is 31.4 Å². The number of ether oxygens (including phenoxy) is 3. The topological polar surface area (TPSA) is 94.6 Å². The molecule has 0 radical (unpaired) electrons. The van der Waals surface area contributed by atoms with Crippen molar-refractivity contribution in [3.63, 3.8) is 0 Å². The summed E-state index contributed by atoms with van der Waals surface area (Å²) in [5, 5.41) is 5.77. The minimum atomic E-state index is -0.330. The summed E-state index contributed by atoms with van der Waals surface area (Å²) in [4.78, 5) is 20.6. The highest BCUT2D eigenvalue weighted by Gasteiger charge is 2.14. The van der Waals surface area contributed by atoms with Gasteiger partial charge in [0, 0.05) is 31.6 Å². The molecular formula is C16H18N4O4. The third kappa shape index (κ3) is 3.90. The summed E-state index contributed by atoms with van der Waals surface area (Å²) in [6.45, 7) is 2.10. The lowest BCUT2D eigenvalue weighted by molar-refractivity contribution is 0.102. The van der Waals surface area contributed by atoms with Crippen molar-refractivity contribution in [2.24, 2.45) is 0 Å². The zero-order chi connectivity index (χ0) is 16.8. The van der Waals surface area contributed by atoms with E-state index in [4.69, 9.17) is 14.2 Å². The van der Waals surface area contributed by atoms with Crippen LogP contribution in [0.5, 0.6) is 11.5 Å². The van der Waals surface area contributed by atoms with Crippen LogP contribution in [0.3, 0.4) is 0 Å². The minimum Gasteiger partial charge on any atom is -0.486 e. The van der Waals surface area contributed by atoms with Crippen LogP contribution in [0.2, 0.25) is 0 Å². The molecule has 2 N–H and O–H groups in total. The molecule has 8 heteroatoms. The number of carbonyl (C=O) groups excluding carboxylic acids is 1. The number of methoxy groups -OCH3 is 1. The molecule has 0 saturated heterocycles. The Morgan fingerprint density at radius 1 is 1.25 bits per heavy atom. The predicted octanol–water partition coefficient (Wildman–Crippen LogP) is 1.56. The molecule has 0 atom stereocenters. The molecule has 2 heterocycles. The average molecular weight is 330 g/mol. The highest BCUT2D eigenvalue weighted by Crippen LogP contribution is 2.32. The van der Waals surface area contributed by atoms with E-state index >= 15 is 0 Å². The Morgan fingerprint density at radius 2 is 2.08 bits per heavy atom. The third-order valence-corrected chi connectivity index (χ3v) is 3.28. The minimum absolute atomic E-state index is 0.264. The second kappa shape index (κ2) is 7.60. The van der Waals surface area contributed by atoms with E-state index in [0.29, 0.717) is 49.5 Å². The molecule has 1 aliphatic rings. The zero-order valence-electron chi connectivity index (χ0n) is 13.2. The van der Waals surface area contributed by atoms with Gasteiger partial charge in [-0.25, -0.2) is 9.97 Å². The maximum Gasteiger partial charge on any atom is 0.274 e. The van der Waals surface area contributed by atoms with Crippen LogP contribution in [0.1, 0.15) is 10.5 Å². The fourth-order valence-electron chi connectivity index (χ4n) is 2.15. The van der Waals surface area contributed by atoms with E-state index in [9.17, 15) is 4.79 Å². The Labute approximate surface area is 139 Å². The van der Waals surface area contributed by atoms with Gasteiger partial charge in [-0.15, -0.1) is 0 Å². The second-order valence-electron chi connectivity index (χ2n) is 5.00. The van der Waals surface area contributed by atoms with Gasteiger partial charge in [0.15, 0.2) is 11.5 Å². The Hall–Kier alpha value is -2.87. The number of aromatic nitrogens is 2. The number of nitrogens with one attached hydrogen (secondary N) is 2. The Kier molecular flexibility index (Phi) is 5.07. The summed E-state index contributed by atoms with van der Waals surface area (Å²) < 4.78 is 15.9. The highest BCUT2D eigenvalue weighted by molar-refractivity contribution is 6.03. The van der Waals surface area contributed by atoms with Crippen molar-refractivity contribution in [1.82, 2.24) is 9.97 Å². The van der Waals surface area contributed by atoms with Crippen LogP contribution in [0.25, 0.3) is 0 Å². The lowest BCUT2D eigenvalue weighted by Gasteiger charge is -2.19. The van der Waals surface area contributed by atoms with E-state index in [0.717, 1.165) is 0 Å². The summed E-state index contributed by atoms with van der Waals surface area (Å²) >= 11 is 0. The molecule has 8 nitrogen and oxygen atoms in total. The van der Waals surface area contributed by atoms with Gasteiger partial charge in [-0.2, -0.15) is 0 Å². The lowest BCUT2D eigenvalue weighted by atomic mass is 10.2. The Balaban J connectivity index is 1.67. The molecule has 0 spiro atoms. The van der Waals surface area contributed by atoms with Gasteiger partial charge in [0.25, 0.3) is 5.91 Å². The maximum atomic E-state index is 12.3. The first-order chi connectivity index (χ1) is 11.8. The summed E-state index contributed by atoms with van der Waals surface area (Å²) in [7, 11) is 1.61. The van der Waals surface area contributed by atoms with E-state index in [-0.39, 0.29) is 11.6 Å². The molecule has 1 amide bonds. The summed E-state index contributed by atoms with van der Waals surface area (Å²) in [6.07, 6.45) is 1.53. The van der Waals surface area contributed by atoms with E-state index in [1.165, 1.54) is 6.20 Å². The predicted molar refractivity (Wildman–Crippen MR) is 87.8 cm³/mol. The largest absolute Gasteiger partial charge is 0.486 e. The second-order valence-corrected chi connectivity index (χ2v) is 5.00. The molecule has 3 rings (SSSR count). The molecule has 1 aromatic heterocycles. The third-order valence-electron chi connectivity index (χ3n) is 3.28. The quantitative estimate of drug-likeness (QED) is 0.776. The molecule has 126 valence electrons. The molecule has 24 heavy (non-hydrogen) atoms. The standard InChI is InChI=1S/C16H18N4O4/c1-22-7-6-18-16-17-5-4-12(20-16)15(21)19-11-2-3-13-14(10-11)24-9-8-23-13/h2-5,10H,6-9H2,1H3,(H,19,21)(H,17,18,20). The molecule has 0 aliphatic carbocycles. The van der Waals surface area contributed by atoms with Gasteiger partial charge < -0.3 is 24.8 Å². The molecule has 2 aromatic rings. The average Bonchev–Trinajstić information content (AvgIpc) is 2.62. The number of hydrogen-bond acceptors (Lipinski definition) is 7. The molecule has 1 aliphatic heterocycles. The Bertz CT molecular complexity index is 723. The van der Waals surface area contributed by atoms with Crippen molar-refractivity contribution in [3.8, 4) is 11.5 Å². The first-order valence-corrected chi connectivity index (χ1v) is 7.53. The summed E-state index contributed by atoms with van der Waals surface area (Å²) in [5.74, 6) is 1.33. The monoisotopic (exact) mass is 330 g/mol. The number of fused-ring (bicyclic) bond motifs is 1. The van der Waals surface area contributed by atoms with Crippen LogP contribution < -0.4 is 20.1 Å². The van der Waals surface area contributed by atoms with Crippen molar-refractivity contribution >= 4 is 17.5 Å². The molecule has 0 saturated carbocycles. The van der Waals surface area contributed by atoms with Crippen molar-refractivity contribution in [3.05, 3.63) is 36.2 Å². The molecular weight excluding hydrogens is 312 g/mol. The van der Waals surface area contributed by atoms with Crippen LogP contribution in [-0.2, 0) is 4.74 Å². The van der Waals surface area contributed by atoms with E-state index in [2.05, 4.69) is 20.6 Å². The number of nitrogens with zero attached hydrogens (tertiary/aromatic N) is 2. The van der Waals surface area contributed by atoms with Crippen LogP contribution in [0.15, 0.2) is 30.5 Å². The highest BCUT2D eigenvalue weighted by atomic mass is 16.6. The Morgan fingerprint density at radius 3 is 2.92 bits per heavy atom. The first kappa shape index (κ1) is 16.0. The van der Waals surface area contributed by atoms with Crippen molar-refractivity contribution < 1.29 is 19.0 Å². The normalized spacial score (nSPS) is 12.5. The number of anilines is 2. The number of benzene rings is 1. The van der Waals surface area contributed by atoms with Gasteiger partial charge in [0.05, 0.1) is 6.61 Å². The summed E-state index contributed by atoms with van der Waals surface area (Å²) in [6, 6.07) is 6.80. The zero-order valence-corrected chi connectivity index (χ0v) is 13.2. The molecule has 0 fully saturated rings. The maximum absolute atomic E-state index is 12.3. The lowest BCUT2D eigenvalue weighted by Crippen LogP contribution is -2.18. The van der Waals surface area contributed by atoms with Crippen LogP contribution in [0, 0.1) is 0 Å². The van der Waals surface area contributed by atoms with Gasteiger partial charge in [-0.1, -0.05) is 0 Å².